The maximum absolute atomic E-state index is 12.2. The van der Waals surface area contributed by atoms with Crippen molar-refractivity contribution in [3.63, 3.8) is 0 Å². The van der Waals surface area contributed by atoms with Gasteiger partial charge >= 0.3 is 0 Å². The average Bonchev–Trinajstić information content (AvgIpc) is 2.58. The van der Waals surface area contributed by atoms with Gasteiger partial charge in [-0.1, -0.05) is 46.3 Å². The number of anilines is 1. The molecule has 0 spiro atoms. The van der Waals surface area contributed by atoms with E-state index in [1.807, 2.05) is 67.6 Å². The molecule has 0 fully saturated rings. The molecule has 116 valence electrons. The summed E-state index contributed by atoms with van der Waals surface area (Å²) in [6.45, 7) is 1.88. The number of hydrogen-bond acceptors (Lipinski definition) is 3. The number of hydrogen-bond donors (Lipinski definition) is 2. The summed E-state index contributed by atoms with van der Waals surface area (Å²) in [5.41, 5.74) is 1.81. The Bertz CT molecular complexity index is 733. The number of nitrogens with one attached hydrogen (secondary N) is 2. The molecule has 2 rings (SSSR count). The van der Waals surface area contributed by atoms with Crippen LogP contribution in [-0.2, 0) is 4.79 Å². The summed E-state index contributed by atoms with van der Waals surface area (Å²) in [5.74, 6) is -0.409. The van der Waals surface area contributed by atoms with Crippen LogP contribution in [0.4, 0.5) is 5.69 Å². The van der Waals surface area contributed by atoms with Crippen molar-refractivity contribution < 1.29 is 4.79 Å². The van der Waals surface area contributed by atoms with Crippen LogP contribution in [0.2, 0.25) is 0 Å². The molecule has 0 aromatic heterocycles. The Kier molecular flexibility index (Phi) is 5.95. The van der Waals surface area contributed by atoms with Crippen molar-refractivity contribution in [1.82, 2.24) is 5.32 Å². The van der Waals surface area contributed by atoms with Gasteiger partial charge in [-0.2, -0.15) is 5.26 Å². The summed E-state index contributed by atoms with van der Waals surface area (Å²) >= 11 is 3.35. The Morgan fingerprint density at radius 1 is 1.17 bits per heavy atom. The van der Waals surface area contributed by atoms with Gasteiger partial charge in [-0.3, -0.25) is 4.79 Å². The summed E-state index contributed by atoms with van der Waals surface area (Å²) in [4.78, 5) is 12.2. The van der Waals surface area contributed by atoms with Gasteiger partial charge in [0, 0.05) is 16.4 Å². The van der Waals surface area contributed by atoms with Crippen molar-refractivity contribution in [2.45, 2.75) is 13.0 Å². The lowest BCUT2D eigenvalue weighted by atomic mass is 10.1. The standard InChI is InChI=1S/C18H16BrN3O/c1-13(14-5-3-2-4-6-14)22-18(23)15(11-20)12-21-17-9-7-16(19)8-10-17/h2-10,12-13,21H,1H3,(H,22,23)/b15-12-. The van der Waals surface area contributed by atoms with Gasteiger partial charge in [-0.15, -0.1) is 0 Å². The van der Waals surface area contributed by atoms with Crippen LogP contribution in [0, 0.1) is 11.3 Å². The minimum Gasteiger partial charge on any atom is -0.360 e. The van der Waals surface area contributed by atoms with Crippen molar-refractivity contribution in [2.75, 3.05) is 5.32 Å². The molecule has 1 atom stereocenters. The van der Waals surface area contributed by atoms with E-state index < -0.39 is 5.91 Å². The van der Waals surface area contributed by atoms with Crippen LogP contribution in [0.5, 0.6) is 0 Å². The van der Waals surface area contributed by atoms with Crippen LogP contribution in [0.3, 0.4) is 0 Å². The molecule has 0 radical (unpaired) electrons. The number of nitriles is 1. The van der Waals surface area contributed by atoms with Gasteiger partial charge < -0.3 is 10.6 Å². The fourth-order valence-electron chi connectivity index (χ4n) is 1.95. The second-order valence-electron chi connectivity index (χ2n) is 4.93. The Hall–Kier alpha value is -2.58. The van der Waals surface area contributed by atoms with Gasteiger partial charge in [0.1, 0.15) is 11.6 Å². The Labute approximate surface area is 144 Å². The molecule has 5 heteroatoms. The molecule has 4 nitrogen and oxygen atoms in total. The van der Waals surface area contributed by atoms with Crippen molar-refractivity contribution in [3.05, 3.63) is 76.4 Å². The molecule has 0 saturated heterocycles. The van der Waals surface area contributed by atoms with Gasteiger partial charge in [0.25, 0.3) is 5.91 Å². The quantitative estimate of drug-likeness (QED) is 0.614. The zero-order valence-electron chi connectivity index (χ0n) is 12.6. The van der Waals surface area contributed by atoms with Crippen LogP contribution >= 0.6 is 15.9 Å². The van der Waals surface area contributed by atoms with Crippen LogP contribution in [0.15, 0.2) is 70.8 Å². The normalized spacial score (nSPS) is 12.1. The molecule has 1 unspecified atom stereocenters. The highest BCUT2D eigenvalue weighted by Crippen LogP contribution is 2.15. The molecular weight excluding hydrogens is 354 g/mol. The van der Waals surface area contributed by atoms with Crippen molar-refractivity contribution in [3.8, 4) is 6.07 Å². The lowest BCUT2D eigenvalue weighted by Crippen LogP contribution is -2.28. The third-order valence-electron chi connectivity index (χ3n) is 3.24. The molecular formula is C18H16BrN3O. The first-order valence-corrected chi connectivity index (χ1v) is 7.87. The van der Waals surface area contributed by atoms with Crippen LogP contribution < -0.4 is 10.6 Å². The highest BCUT2D eigenvalue weighted by atomic mass is 79.9. The molecule has 23 heavy (non-hydrogen) atoms. The minimum absolute atomic E-state index is 0.0238. The van der Waals surface area contributed by atoms with Crippen LogP contribution in [-0.4, -0.2) is 5.91 Å². The maximum Gasteiger partial charge on any atom is 0.263 e. The predicted octanol–water partition coefficient (Wildman–Crippen LogP) is 4.15. The van der Waals surface area contributed by atoms with Gasteiger partial charge in [0.15, 0.2) is 0 Å². The van der Waals surface area contributed by atoms with E-state index in [2.05, 4.69) is 26.6 Å². The van der Waals surface area contributed by atoms with E-state index in [9.17, 15) is 10.1 Å². The lowest BCUT2D eigenvalue weighted by Gasteiger charge is -2.13. The number of nitrogens with zero attached hydrogens (tertiary/aromatic N) is 1. The summed E-state index contributed by atoms with van der Waals surface area (Å²) in [6.07, 6.45) is 1.41. The molecule has 0 saturated carbocycles. The molecule has 2 N–H and O–H groups in total. The van der Waals surface area contributed by atoms with Gasteiger partial charge in [0.2, 0.25) is 0 Å². The van der Waals surface area contributed by atoms with Gasteiger partial charge in [0.05, 0.1) is 6.04 Å². The molecule has 0 heterocycles. The van der Waals surface area contributed by atoms with E-state index >= 15 is 0 Å². The molecule has 0 aliphatic rings. The highest BCUT2D eigenvalue weighted by molar-refractivity contribution is 9.10. The summed E-state index contributed by atoms with van der Waals surface area (Å²) in [6, 6.07) is 18.8. The maximum atomic E-state index is 12.2. The predicted molar refractivity (Wildman–Crippen MR) is 94.5 cm³/mol. The zero-order valence-corrected chi connectivity index (χ0v) is 14.2. The molecule has 2 aromatic rings. The number of benzene rings is 2. The molecule has 2 aromatic carbocycles. The zero-order chi connectivity index (χ0) is 16.7. The summed E-state index contributed by atoms with van der Waals surface area (Å²) < 4.78 is 0.960. The first kappa shape index (κ1) is 16.8. The Balaban J connectivity index is 2.02. The summed E-state index contributed by atoms with van der Waals surface area (Å²) in [5, 5.41) is 14.9. The molecule has 0 bridgehead atoms. The Morgan fingerprint density at radius 2 is 1.83 bits per heavy atom. The number of halogens is 1. The Morgan fingerprint density at radius 3 is 2.43 bits per heavy atom. The monoisotopic (exact) mass is 369 g/mol. The number of amides is 1. The number of carbonyl (C=O) groups is 1. The largest absolute Gasteiger partial charge is 0.360 e. The lowest BCUT2D eigenvalue weighted by molar-refractivity contribution is -0.117. The second-order valence-corrected chi connectivity index (χ2v) is 5.84. The van der Waals surface area contributed by atoms with E-state index in [0.717, 1.165) is 15.7 Å². The highest BCUT2D eigenvalue weighted by Gasteiger charge is 2.13. The van der Waals surface area contributed by atoms with Crippen molar-refractivity contribution >= 4 is 27.5 Å². The number of carbonyl (C=O) groups excluding carboxylic acids is 1. The van der Waals surface area contributed by atoms with Crippen molar-refractivity contribution in [2.24, 2.45) is 0 Å². The smallest absolute Gasteiger partial charge is 0.263 e. The first-order chi connectivity index (χ1) is 11.1. The van der Waals surface area contributed by atoms with E-state index in [1.54, 1.807) is 0 Å². The van der Waals surface area contributed by atoms with Crippen molar-refractivity contribution in [1.29, 1.82) is 5.26 Å². The molecule has 0 aliphatic heterocycles. The van der Waals surface area contributed by atoms with Gasteiger partial charge in [-0.25, -0.2) is 0 Å². The number of rotatable bonds is 5. The van der Waals surface area contributed by atoms with E-state index in [-0.39, 0.29) is 11.6 Å². The fourth-order valence-corrected chi connectivity index (χ4v) is 2.21. The van der Waals surface area contributed by atoms with E-state index in [4.69, 9.17) is 0 Å². The summed E-state index contributed by atoms with van der Waals surface area (Å²) in [7, 11) is 0. The molecule has 1 amide bonds. The third kappa shape index (κ3) is 4.97. The first-order valence-electron chi connectivity index (χ1n) is 7.08. The fraction of sp³-hybridized carbons (Fsp3) is 0.111. The van der Waals surface area contributed by atoms with Crippen LogP contribution in [0.1, 0.15) is 18.5 Å². The molecule has 0 aliphatic carbocycles. The van der Waals surface area contributed by atoms with Gasteiger partial charge in [-0.05, 0) is 36.8 Å². The van der Waals surface area contributed by atoms with Crippen LogP contribution in [0.25, 0.3) is 0 Å². The second kappa shape index (κ2) is 8.16. The SMILES string of the molecule is CC(NC(=O)/C(C#N)=C\Nc1ccc(Br)cc1)c1ccccc1. The topological polar surface area (TPSA) is 64.9 Å². The van der Waals surface area contributed by atoms with E-state index in [0.29, 0.717) is 0 Å². The third-order valence-corrected chi connectivity index (χ3v) is 3.77. The van der Waals surface area contributed by atoms with E-state index in [1.165, 1.54) is 6.20 Å². The average molecular weight is 370 g/mol. The minimum atomic E-state index is -0.409.